The molecule has 148 valence electrons. The summed E-state index contributed by atoms with van der Waals surface area (Å²) in [7, 11) is 0. The third kappa shape index (κ3) is 3.97. The van der Waals surface area contributed by atoms with E-state index in [9.17, 15) is 14.4 Å². The molecule has 0 amide bonds. The maximum absolute atomic E-state index is 12.7. The topological polar surface area (TPSA) is 116 Å². The molecule has 29 heavy (non-hydrogen) atoms. The number of Topliss-reactive ketones (excluding diaryl/α,β-unsaturated/α-hetero) is 1. The predicted octanol–water partition coefficient (Wildman–Crippen LogP) is 3.09. The van der Waals surface area contributed by atoms with Crippen LogP contribution in [-0.4, -0.2) is 27.8 Å². The zero-order chi connectivity index (χ0) is 21.1. The number of esters is 1. The van der Waals surface area contributed by atoms with Gasteiger partial charge in [-0.2, -0.15) is 5.26 Å². The summed E-state index contributed by atoms with van der Waals surface area (Å²) < 4.78 is 5.33. The van der Waals surface area contributed by atoms with Gasteiger partial charge >= 0.3 is 5.97 Å². The third-order valence-corrected chi connectivity index (χ3v) is 5.03. The lowest BCUT2D eigenvalue weighted by Crippen LogP contribution is -2.24. The van der Waals surface area contributed by atoms with Crippen LogP contribution in [0.15, 0.2) is 35.3 Å². The SMILES string of the molecule is Cc1[nH]c(=O)c(C#N)c(C)c1CCC(=O)O[C@@H](C)C(=O)c1c[nH]c2ccccc12. The Morgan fingerprint density at radius 3 is 2.69 bits per heavy atom. The van der Waals surface area contributed by atoms with Crippen molar-refractivity contribution in [3.8, 4) is 6.07 Å². The summed E-state index contributed by atoms with van der Waals surface area (Å²) >= 11 is 0. The van der Waals surface area contributed by atoms with Crippen molar-refractivity contribution in [3.63, 3.8) is 0 Å². The van der Waals surface area contributed by atoms with E-state index in [1.54, 1.807) is 27.0 Å². The van der Waals surface area contributed by atoms with Crippen molar-refractivity contribution in [2.24, 2.45) is 0 Å². The fourth-order valence-corrected chi connectivity index (χ4v) is 3.45. The summed E-state index contributed by atoms with van der Waals surface area (Å²) in [6, 6.07) is 9.30. The van der Waals surface area contributed by atoms with Crippen molar-refractivity contribution in [2.45, 2.75) is 39.7 Å². The number of fused-ring (bicyclic) bond motifs is 1. The number of nitriles is 1. The number of aromatic amines is 2. The molecular weight excluding hydrogens is 370 g/mol. The van der Waals surface area contributed by atoms with E-state index in [4.69, 9.17) is 10.00 Å². The van der Waals surface area contributed by atoms with Gasteiger partial charge in [0.2, 0.25) is 5.78 Å². The number of aryl methyl sites for hydroxylation is 1. The lowest BCUT2D eigenvalue weighted by Gasteiger charge is -2.13. The van der Waals surface area contributed by atoms with Crippen LogP contribution in [0.4, 0.5) is 0 Å². The van der Waals surface area contributed by atoms with Crippen LogP contribution in [-0.2, 0) is 16.0 Å². The second kappa shape index (κ2) is 8.15. The molecule has 3 rings (SSSR count). The number of hydrogen-bond acceptors (Lipinski definition) is 5. The molecule has 0 aliphatic rings. The van der Waals surface area contributed by atoms with Crippen LogP contribution in [0.1, 0.15) is 46.1 Å². The molecule has 1 aromatic carbocycles. The van der Waals surface area contributed by atoms with Crippen LogP contribution in [0.2, 0.25) is 0 Å². The summed E-state index contributed by atoms with van der Waals surface area (Å²) in [5.74, 6) is -0.798. The van der Waals surface area contributed by atoms with Crippen LogP contribution in [0, 0.1) is 25.2 Å². The minimum Gasteiger partial charge on any atom is -0.454 e. The number of aromatic nitrogens is 2. The Morgan fingerprint density at radius 2 is 1.97 bits per heavy atom. The number of ether oxygens (including phenoxy) is 1. The van der Waals surface area contributed by atoms with Gasteiger partial charge in [-0.3, -0.25) is 14.4 Å². The highest BCUT2D eigenvalue weighted by Gasteiger charge is 2.22. The van der Waals surface area contributed by atoms with E-state index < -0.39 is 17.6 Å². The Bertz CT molecular complexity index is 1200. The van der Waals surface area contributed by atoms with Crippen LogP contribution in [0.3, 0.4) is 0 Å². The number of rotatable bonds is 6. The van der Waals surface area contributed by atoms with E-state index in [1.165, 1.54) is 0 Å². The van der Waals surface area contributed by atoms with Gasteiger partial charge in [-0.05, 0) is 44.4 Å². The van der Waals surface area contributed by atoms with E-state index in [0.717, 1.165) is 16.5 Å². The third-order valence-electron chi connectivity index (χ3n) is 5.03. The van der Waals surface area contributed by atoms with Gasteiger partial charge in [-0.15, -0.1) is 0 Å². The summed E-state index contributed by atoms with van der Waals surface area (Å²) in [5, 5.41) is 9.92. The fourth-order valence-electron chi connectivity index (χ4n) is 3.45. The van der Waals surface area contributed by atoms with Gasteiger partial charge in [0.15, 0.2) is 6.10 Å². The normalized spacial score (nSPS) is 11.8. The van der Waals surface area contributed by atoms with E-state index in [2.05, 4.69) is 9.97 Å². The summed E-state index contributed by atoms with van der Waals surface area (Å²) in [6.07, 6.45) is 1.03. The highest BCUT2D eigenvalue weighted by Crippen LogP contribution is 2.20. The number of carbonyl (C=O) groups excluding carboxylic acids is 2. The number of H-pyrrole nitrogens is 2. The zero-order valence-electron chi connectivity index (χ0n) is 16.5. The second-order valence-corrected chi connectivity index (χ2v) is 6.91. The molecular formula is C22H21N3O4. The first kappa shape index (κ1) is 20.1. The minimum atomic E-state index is -0.922. The molecule has 0 bridgehead atoms. The molecule has 0 radical (unpaired) electrons. The molecule has 0 aliphatic heterocycles. The van der Waals surface area contributed by atoms with Crippen LogP contribution < -0.4 is 5.56 Å². The highest BCUT2D eigenvalue weighted by atomic mass is 16.5. The first-order valence-electron chi connectivity index (χ1n) is 9.25. The molecule has 1 atom stereocenters. The second-order valence-electron chi connectivity index (χ2n) is 6.91. The number of carbonyl (C=O) groups is 2. The Morgan fingerprint density at radius 1 is 1.24 bits per heavy atom. The van der Waals surface area contributed by atoms with E-state index in [1.807, 2.05) is 30.3 Å². The van der Waals surface area contributed by atoms with Crippen LogP contribution in [0.25, 0.3) is 10.9 Å². The maximum Gasteiger partial charge on any atom is 0.306 e. The average Bonchev–Trinajstić information content (AvgIpc) is 3.11. The van der Waals surface area contributed by atoms with Crippen molar-refractivity contribution >= 4 is 22.7 Å². The number of nitrogens with one attached hydrogen (secondary N) is 2. The smallest absolute Gasteiger partial charge is 0.306 e. The molecule has 0 saturated heterocycles. The van der Waals surface area contributed by atoms with Gasteiger partial charge in [0, 0.05) is 34.8 Å². The quantitative estimate of drug-likeness (QED) is 0.495. The first-order chi connectivity index (χ1) is 13.8. The maximum atomic E-state index is 12.7. The van der Waals surface area contributed by atoms with Gasteiger partial charge in [0.1, 0.15) is 11.6 Å². The average molecular weight is 391 g/mol. The lowest BCUT2D eigenvalue weighted by atomic mass is 9.99. The van der Waals surface area contributed by atoms with Crippen LogP contribution >= 0.6 is 0 Å². The number of nitrogens with zero attached hydrogens (tertiary/aromatic N) is 1. The van der Waals surface area contributed by atoms with Gasteiger partial charge in [-0.1, -0.05) is 18.2 Å². The molecule has 2 N–H and O–H groups in total. The lowest BCUT2D eigenvalue weighted by molar-refractivity contribution is -0.146. The standard InChI is InChI=1S/C22H21N3O4/c1-12-15(13(2)25-22(28)17(12)10-23)8-9-20(26)29-14(3)21(27)18-11-24-19-7-5-4-6-16(18)19/h4-7,11,14,24H,8-9H2,1-3H3,(H,25,28)/t14-/m0/s1. The molecule has 0 fully saturated rings. The number of hydrogen-bond donors (Lipinski definition) is 2. The van der Waals surface area contributed by atoms with E-state index in [0.29, 0.717) is 23.2 Å². The highest BCUT2D eigenvalue weighted by molar-refractivity contribution is 6.10. The number of pyridine rings is 1. The van der Waals surface area contributed by atoms with Gasteiger partial charge in [-0.25, -0.2) is 0 Å². The molecule has 0 aliphatic carbocycles. The van der Waals surface area contributed by atoms with Crippen LogP contribution in [0.5, 0.6) is 0 Å². The molecule has 0 spiro atoms. The Labute approximate surface area is 167 Å². The van der Waals surface area contributed by atoms with E-state index >= 15 is 0 Å². The Kier molecular flexibility index (Phi) is 5.64. The monoisotopic (exact) mass is 391 g/mol. The van der Waals surface area contributed by atoms with Crippen molar-refractivity contribution in [1.82, 2.24) is 9.97 Å². The molecule has 2 aromatic heterocycles. The fraction of sp³-hybridized carbons (Fsp3) is 0.273. The van der Waals surface area contributed by atoms with Crippen molar-refractivity contribution in [2.75, 3.05) is 0 Å². The Balaban J connectivity index is 1.68. The first-order valence-corrected chi connectivity index (χ1v) is 9.25. The predicted molar refractivity (Wildman–Crippen MR) is 108 cm³/mol. The largest absolute Gasteiger partial charge is 0.454 e. The summed E-state index contributed by atoms with van der Waals surface area (Å²) in [6.45, 7) is 4.95. The molecule has 7 heteroatoms. The van der Waals surface area contributed by atoms with Gasteiger partial charge < -0.3 is 14.7 Å². The molecule has 0 saturated carbocycles. The van der Waals surface area contributed by atoms with Crippen molar-refractivity contribution in [3.05, 3.63) is 68.8 Å². The van der Waals surface area contributed by atoms with Gasteiger partial charge in [0.25, 0.3) is 5.56 Å². The minimum absolute atomic E-state index is 0.0318. The van der Waals surface area contributed by atoms with Crippen molar-refractivity contribution in [1.29, 1.82) is 5.26 Å². The molecule has 0 unspecified atom stereocenters. The number of benzene rings is 1. The zero-order valence-corrected chi connectivity index (χ0v) is 16.5. The summed E-state index contributed by atoms with van der Waals surface area (Å²) in [4.78, 5) is 42.4. The number of para-hydroxylation sites is 1. The molecule has 3 aromatic rings. The van der Waals surface area contributed by atoms with Gasteiger partial charge in [0.05, 0.1) is 0 Å². The van der Waals surface area contributed by atoms with E-state index in [-0.39, 0.29) is 17.8 Å². The van der Waals surface area contributed by atoms with Crippen molar-refractivity contribution < 1.29 is 14.3 Å². The summed E-state index contributed by atoms with van der Waals surface area (Å²) in [5.41, 5.74) is 2.83. The Hall–Kier alpha value is -3.66. The molecule has 7 nitrogen and oxygen atoms in total. The molecule has 2 heterocycles. The number of ketones is 1.